The van der Waals surface area contributed by atoms with Crippen LogP contribution in [0.5, 0.6) is 0 Å². The van der Waals surface area contributed by atoms with E-state index >= 15 is 0 Å². The molecular weight excluding hydrogens is 382 g/mol. The summed E-state index contributed by atoms with van der Waals surface area (Å²) >= 11 is 0. The maximum absolute atomic E-state index is 13.5. The summed E-state index contributed by atoms with van der Waals surface area (Å²) in [6.45, 7) is 2.32. The van der Waals surface area contributed by atoms with Gasteiger partial charge in [0.05, 0.1) is 10.9 Å². The highest BCUT2D eigenvalue weighted by Crippen LogP contribution is 2.42. The van der Waals surface area contributed by atoms with Crippen LogP contribution in [0.25, 0.3) is 0 Å². The molecule has 1 atom stereocenters. The standard InChI is InChI=1S/C24H25NO3S/c1-19-14-16-22(17-15-19)29(27,28)25-18-8-13-23(25)24(26,20-9-4-2-5-10-20)21-11-6-3-7-12-21/h2-7,9-12,14-17,23,26H,8,13,18H2,1H3/t23-/m0/s1. The Bertz CT molecular complexity index is 1020. The third kappa shape index (κ3) is 3.50. The molecule has 1 aliphatic rings. The van der Waals surface area contributed by atoms with Crippen molar-refractivity contribution >= 4 is 10.0 Å². The van der Waals surface area contributed by atoms with E-state index in [1.165, 1.54) is 4.31 Å². The smallest absolute Gasteiger partial charge is 0.243 e. The predicted molar refractivity (Wildman–Crippen MR) is 114 cm³/mol. The van der Waals surface area contributed by atoms with Gasteiger partial charge in [0.15, 0.2) is 0 Å². The van der Waals surface area contributed by atoms with E-state index in [4.69, 9.17) is 0 Å². The fourth-order valence-electron chi connectivity index (χ4n) is 4.23. The Labute approximate surface area is 172 Å². The Morgan fingerprint density at radius 3 is 1.90 bits per heavy atom. The number of aliphatic hydroxyl groups is 1. The molecular formula is C24H25NO3S. The molecule has 29 heavy (non-hydrogen) atoms. The van der Waals surface area contributed by atoms with Gasteiger partial charge in [0.2, 0.25) is 10.0 Å². The molecule has 0 radical (unpaired) electrons. The first-order valence-corrected chi connectivity index (χ1v) is 11.3. The molecule has 0 amide bonds. The van der Waals surface area contributed by atoms with Gasteiger partial charge in [-0.2, -0.15) is 4.31 Å². The average Bonchev–Trinajstić information content (AvgIpc) is 3.26. The van der Waals surface area contributed by atoms with Gasteiger partial charge in [0, 0.05) is 6.54 Å². The third-order valence-electron chi connectivity index (χ3n) is 5.74. The van der Waals surface area contributed by atoms with Gasteiger partial charge in [-0.1, -0.05) is 78.4 Å². The Hall–Kier alpha value is -2.47. The van der Waals surface area contributed by atoms with Crippen LogP contribution < -0.4 is 0 Å². The van der Waals surface area contributed by atoms with Gasteiger partial charge in [-0.3, -0.25) is 0 Å². The first kappa shape index (κ1) is 19.8. The zero-order valence-corrected chi connectivity index (χ0v) is 17.2. The molecule has 1 N–H and O–H groups in total. The Morgan fingerprint density at radius 2 is 1.38 bits per heavy atom. The number of benzene rings is 3. The lowest BCUT2D eigenvalue weighted by Crippen LogP contribution is -2.50. The minimum atomic E-state index is -3.73. The van der Waals surface area contributed by atoms with Gasteiger partial charge in [0.1, 0.15) is 5.60 Å². The molecule has 0 aliphatic carbocycles. The van der Waals surface area contributed by atoms with E-state index in [0.717, 1.165) is 5.56 Å². The second kappa shape index (κ2) is 7.75. The molecule has 0 bridgehead atoms. The summed E-state index contributed by atoms with van der Waals surface area (Å²) in [5.41, 5.74) is 0.966. The number of hydrogen-bond donors (Lipinski definition) is 1. The molecule has 1 fully saturated rings. The van der Waals surface area contributed by atoms with Crippen molar-refractivity contribution < 1.29 is 13.5 Å². The molecule has 3 aromatic carbocycles. The summed E-state index contributed by atoms with van der Waals surface area (Å²) in [5, 5.41) is 12.1. The van der Waals surface area contributed by atoms with Gasteiger partial charge < -0.3 is 5.11 Å². The van der Waals surface area contributed by atoms with Crippen LogP contribution in [0.3, 0.4) is 0 Å². The summed E-state index contributed by atoms with van der Waals surface area (Å²) in [7, 11) is -3.73. The SMILES string of the molecule is Cc1ccc(S(=O)(=O)N2CCC[C@H]2C(O)(c2ccccc2)c2ccccc2)cc1. The molecule has 1 saturated heterocycles. The molecule has 0 saturated carbocycles. The maximum Gasteiger partial charge on any atom is 0.243 e. The minimum Gasteiger partial charge on any atom is -0.379 e. The van der Waals surface area contributed by atoms with Crippen LogP contribution in [-0.4, -0.2) is 30.4 Å². The van der Waals surface area contributed by atoms with Crippen LogP contribution >= 0.6 is 0 Å². The van der Waals surface area contributed by atoms with Crippen LogP contribution in [0.1, 0.15) is 29.5 Å². The van der Waals surface area contributed by atoms with E-state index in [9.17, 15) is 13.5 Å². The summed E-state index contributed by atoms with van der Waals surface area (Å²) in [5.74, 6) is 0. The van der Waals surface area contributed by atoms with E-state index in [1.807, 2.05) is 67.6 Å². The second-order valence-electron chi connectivity index (χ2n) is 7.59. The fourth-order valence-corrected chi connectivity index (χ4v) is 5.94. The quantitative estimate of drug-likeness (QED) is 0.693. The Morgan fingerprint density at radius 1 is 0.862 bits per heavy atom. The minimum absolute atomic E-state index is 0.262. The van der Waals surface area contributed by atoms with Crippen LogP contribution in [0.15, 0.2) is 89.8 Å². The largest absolute Gasteiger partial charge is 0.379 e. The van der Waals surface area contributed by atoms with Crippen LogP contribution in [0.4, 0.5) is 0 Å². The molecule has 5 heteroatoms. The Balaban J connectivity index is 1.83. The highest BCUT2D eigenvalue weighted by atomic mass is 32.2. The molecule has 150 valence electrons. The van der Waals surface area contributed by atoms with Gasteiger partial charge in [0.25, 0.3) is 0 Å². The number of hydrogen-bond acceptors (Lipinski definition) is 3. The lowest BCUT2D eigenvalue weighted by molar-refractivity contribution is 0.0204. The number of aryl methyl sites for hydroxylation is 1. The highest BCUT2D eigenvalue weighted by Gasteiger charge is 2.49. The summed E-state index contributed by atoms with van der Waals surface area (Å²) in [6, 6.07) is 25.0. The monoisotopic (exact) mass is 407 g/mol. The normalized spacial score (nSPS) is 18.1. The van der Waals surface area contributed by atoms with Gasteiger partial charge in [-0.15, -0.1) is 0 Å². The van der Waals surface area contributed by atoms with Crippen molar-refractivity contribution in [1.29, 1.82) is 0 Å². The van der Waals surface area contributed by atoms with Crippen molar-refractivity contribution in [2.75, 3.05) is 6.54 Å². The number of sulfonamides is 1. The molecule has 3 aromatic rings. The predicted octanol–water partition coefficient (Wildman–Crippen LogP) is 4.08. The lowest BCUT2D eigenvalue weighted by Gasteiger charge is -2.39. The topological polar surface area (TPSA) is 57.6 Å². The first-order chi connectivity index (χ1) is 13.9. The highest BCUT2D eigenvalue weighted by molar-refractivity contribution is 7.89. The summed E-state index contributed by atoms with van der Waals surface area (Å²) in [6.07, 6.45) is 1.29. The third-order valence-corrected chi connectivity index (χ3v) is 7.66. The van der Waals surface area contributed by atoms with E-state index in [1.54, 1.807) is 24.3 Å². The van der Waals surface area contributed by atoms with E-state index in [2.05, 4.69) is 0 Å². The molecule has 0 aromatic heterocycles. The molecule has 0 unspecified atom stereocenters. The maximum atomic E-state index is 13.5. The fraction of sp³-hybridized carbons (Fsp3) is 0.250. The van der Waals surface area contributed by atoms with Crippen molar-refractivity contribution in [3.63, 3.8) is 0 Å². The molecule has 1 aliphatic heterocycles. The summed E-state index contributed by atoms with van der Waals surface area (Å²) in [4.78, 5) is 0.262. The Kier molecular flexibility index (Phi) is 5.30. The van der Waals surface area contributed by atoms with Gasteiger partial charge in [-0.25, -0.2) is 8.42 Å². The van der Waals surface area contributed by atoms with Crippen molar-refractivity contribution in [3.05, 3.63) is 102 Å². The summed E-state index contributed by atoms with van der Waals surface area (Å²) < 4.78 is 28.4. The average molecular weight is 408 g/mol. The second-order valence-corrected chi connectivity index (χ2v) is 9.48. The molecule has 4 rings (SSSR count). The van der Waals surface area contributed by atoms with E-state index in [0.29, 0.717) is 30.5 Å². The van der Waals surface area contributed by atoms with Crippen molar-refractivity contribution in [1.82, 2.24) is 4.31 Å². The van der Waals surface area contributed by atoms with Crippen LogP contribution in [0.2, 0.25) is 0 Å². The van der Waals surface area contributed by atoms with Crippen LogP contribution in [0, 0.1) is 6.92 Å². The van der Waals surface area contributed by atoms with Crippen LogP contribution in [-0.2, 0) is 15.6 Å². The van der Waals surface area contributed by atoms with Crippen molar-refractivity contribution in [3.8, 4) is 0 Å². The van der Waals surface area contributed by atoms with E-state index < -0.39 is 21.7 Å². The van der Waals surface area contributed by atoms with Gasteiger partial charge in [-0.05, 0) is 43.0 Å². The lowest BCUT2D eigenvalue weighted by atomic mass is 9.79. The van der Waals surface area contributed by atoms with Crippen molar-refractivity contribution in [2.45, 2.75) is 36.3 Å². The van der Waals surface area contributed by atoms with Crippen molar-refractivity contribution in [2.24, 2.45) is 0 Å². The molecule has 4 nitrogen and oxygen atoms in total. The van der Waals surface area contributed by atoms with E-state index in [-0.39, 0.29) is 4.90 Å². The zero-order chi connectivity index (χ0) is 20.5. The molecule has 1 heterocycles. The molecule has 0 spiro atoms. The van der Waals surface area contributed by atoms with Gasteiger partial charge >= 0.3 is 0 Å². The zero-order valence-electron chi connectivity index (χ0n) is 16.4. The number of rotatable bonds is 5. The first-order valence-electron chi connectivity index (χ1n) is 9.86. The number of nitrogens with zero attached hydrogens (tertiary/aromatic N) is 1.